The van der Waals surface area contributed by atoms with Crippen molar-refractivity contribution in [2.75, 3.05) is 51.2 Å². The molecular weight excluding hydrogens is 693 g/mol. The van der Waals surface area contributed by atoms with Crippen molar-refractivity contribution >= 4 is 74.1 Å². The van der Waals surface area contributed by atoms with Gasteiger partial charge < -0.3 is 25.3 Å². The number of halogens is 2. The molecule has 3 amide bonds. The van der Waals surface area contributed by atoms with Crippen molar-refractivity contribution in [3.63, 3.8) is 0 Å². The van der Waals surface area contributed by atoms with Crippen molar-refractivity contribution in [2.24, 2.45) is 0 Å². The first kappa shape index (κ1) is 36.1. The third kappa shape index (κ3) is 8.53. The van der Waals surface area contributed by atoms with Gasteiger partial charge in [-0.3, -0.25) is 24.1 Å². The molecule has 2 aromatic carbocycles. The molecule has 5 rings (SSSR count). The van der Waals surface area contributed by atoms with Crippen LogP contribution in [0.25, 0.3) is 11.6 Å². The highest BCUT2D eigenvalue weighted by Crippen LogP contribution is 2.37. The number of amides is 3. The van der Waals surface area contributed by atoms with Gasteiger partial charge in [0.25, 0.3) is 11.8 Å². The maximum Gasteiger partial charge on any atom is 0.303 e. The number of benzene rings is 2. The number of fused-ring (bicyclic) bond motifs is 1. The second kappa shape index (κ2) is 15.2. The highest BCUT2D eigenvalue weighted by Gasteiger charge is 2.29. The van der Waals surface area contributed by atoms with Crippen LogP contribution in [0.3, 0.4) is 0 Å². The number of rotatable bonds is 11. The number of hydrogen-bond donors (Lipinski definition) is 3. The summed E-state index contributed by atoms with van der Waals surface area (Å²) in [5, 5.41) is 6.25. The van der Waals surface area contributed by atoms with Crippen molar-refractivity contribution in [1.29, 1.82) is 0 Å². The van der Waals surface area contributed by atoms with Crippen LogP contribution < -0.4 is 10.6 Å². The molecule has 2 aliphatic rings. The summed E-state index contributed by atoms with van der Waals surface area (Å²) >= 11 is 12.5. The Balaban J connectivity index is 1.21. The van der Waals surface area contributed by atoms with Gasteiger partial charge in [-0.1, -0.05) is 29.3 Å². The van der Waals surface area contributed by atoms with Crippen LogP contribution in [0, 0.1) is 13.8 Å². The summed E-state index contributed by atoms with van der Waals surface area (Å²) < 4.78 is 31.6. The first-order chi connectivity index (χ1) is 23.2. The number of hydrogen-bond acceptors (Lipinski definition) is 8. The van der Waals surface area contributed by atoms with Crippen molar-refractivity contribution in [2.45, 2.75) is 37.8 Å². The Bertz CT molecular complexity index is 1930. The number of carbonyl (C=O) groups excluding carboxylic acids is 4. The van der Waals surface area contributed by atoms with E-state index in [0.717, 1.165) is 16.8 Å². The molecule has 2 aliphatic heterocycles. The van der Waals surface area contributed by atoms with Gasteiger partial charge in [0.05, 0.1) is 22.6 Å². The van der Waals surface area contributed by atoms with Gasteiger partial charge in [0, 0.05) is 84.4 Å². The van der Waals surface area contributed by atoms with E-state index >= 15 is 0 Å². The van der Waals surface area contributed by atoms with Crippen LogP contribution in [0.15, 0.2) is 41.3 Å². The van der Waals surface area contributed by atoms with Crippen LogP contribution in [0.1, 0.15) is 40.6 Å². The van der Waals surface area contributed by atoms with Crippen LogP contribution in [0.5, 0.6) is 0 Å². The number of aromatic nitrogens is 1. The summed E-state index contributed by atoms with van der Waals surface area (Å²) in [6.45, 7) is 8.12. The number of piperazine rings is 1. The average Bonchev–Trinajstić information content (AvgIpc) is 3.51. The molecule has 0 saturated carbocycles. The van der Waals surface area contributed by atoms with E-state index in [2.05, 4.69) is 20.5 Å². The Morgan fingerprint density at radius 3 is 2.39 bits per heavy atom. The van der Waals surface area contributed by atoms with Gasteiger partial charge >= 0.3 is 5.97 Å². The van der Waals surface area contributed by atoms with E-state index in [9.17, 15) is 27.6 Å². The second-order valence-corrected chi connectivity index (χ2v) is 14.8. The summed E-state index contributed by atoms with van der Waals surface area (Å²) in [4.78, 5) is 56.2. The van der Waals surface area contributed by atoms with Crippen molar-refractivity contribution in [1.82, 2.24) is 20.1 Å². The predicted octanol–water partition coefficient (Wildman–Crippen LogP) is 3.77. The number of nitrogens with one attached hydrogen (secondary N) is 3. The Hall–Kier alpha value is -4.17. The molecule has 0 aliphatic carbocycles. The normalized spacial score (nSPS) is 15.7. The lowest BCUT2D eigenvalue weighted by molar-refractivity contribution is -0.151. The molecular formula is C34H37Cl2N5O7S. The largest absolute Gasteiger partial charge is 0.456 e. The Kier molecular flexibility index (Phi) is 11.2. The first-order valence-electron chi connectivity index (χ1n) is 15.6. The number of sulfone groups is 1. The Morgan fingerprint density at radius 1 is 1.02 bits per heavy atom. The number of carbonyl (C=O) groups is 4. The Labute approximate surface area is 294 Å². The minimum atomic E-state index is -3.86. The Morgan fingerprint density at radius 2 is 1.71 bits per heavy atom. The van der Waals surface area contributed by atoms with Gasteiger partial charge in [-0.2, -0.15) is 0 Å². The number of ether oxygens (including phenoxy) is 1. The quantitative estimate of drug-likeness (QED) is 0.199. The predicted molar refractivity (Wildman–Crippen MR) is 187 cm³/mol. The smallest absolute Gasteiger partial charge is 0.303 e. The van der Waals surface area contributed by atoms with Crippen LogP contribution in [-0.4, -0.2) is 92.8 Å². The van der Waals surface area contributed by atoms with E-state index in [1.54, 1.807) is 35.2 Å². The zero-order chi connectivity index (χ0) is 35.5. The summed E-state index contributed by atoms with van der Waals surface area (Å²) in [7, 11) is -3.86. The fraction of sp³-hybridized carbons (Fsp3) is 0.353. The highest BCUT2D eigenvalue weighted by molar-refractivity contribution is 7.90. The molecule has 0 bridgehead atoms. The fourth-order valence-corrected chi connectivity index (χ4v) is 7.99. The maximum atomic E-state index is 13.4. The molecule has 0 spiro atoms. The number of aryl methyl sites for hydroxylation is 1. The summed E-state index contributed by atoms with van der Waals surface area (Å²) in [5.74, 6) is -1.64. The molecule has 0 atom stereocenters. The van der Waals surface area contributed by atoms with Crippen molar-refractivity contribution in [3.05, 3.63) is 80.1 Å². The fourth-order valence-electron chi connectivity index (χ4n) is 5.87. The van der Waals surface area contributed by atoms with Crippen LogP contribution in [-0.2, 0) is 45.9 Å². The van der Waals surface area contributed by atoms with Gasteiger partial charge in [-0.05, 0) is 61.4 Å². The van der Waals surface area contributed by atoms with E-state index in [0.29, 0.717) is 61.8 Å². The first-order valence-corrected chi connectivity index (χ1v) is 18.1. The SMILES string of the molecule is CC(=O)OCC(=O)N1CCN(CCNC(=O)Cc2c(C)[nH]c(/C=C3\C(=O)Nc4ccc(S(=O)(=O)Cc5c(Cl)cccc5Cl)cc43)c2C)CC1. The van der Waals surface area contributed by atoms with Crippen LogP contribution in [0.4, 0.5) is 5.69 Å². The van der Waals surface area contributed by atoms with E-state index in [1.807, 2.05) is 13.8 Å². The highest BCUT2D eigenvalue weighted by atomic mass is 35.5. The topological polar surface area (TPSA) is 158 Å². The third-order valence-electron chi connectivity index (χ3n) is 8.66. The van der Waals surface area contributed by atoms with E-state index in [1.165, 1.54) is 19.1 Å². The summed E-state index contributed by atoms with van der Waals surface area (Å²) in [5.41, 5.74) is 4.53. The van der Waals surface area contributed by atoms with E-state index in [-0.39, 0.29) is 51.3 Å². The third-order valence-corrected chi connectivity index (χ3v) is 11.0. The minimum absolute atomic E-state index is 0.0241. The molecule has 12 nitrogen and oxygen atoms in total. The second-order valence-electron chi connectivity index (χ2n) is 12.0. The van der Waals surface area contributed by atoms with Gasteiger partial charge in [-0.25, -0.2) is 8.42 Å². The molecule has 49 heavy (non-hydrogen) atoms. The molecule has 3 aromatic rings. The van der Waals surface area contributed by atoms with Crippen molar-refractivity contribution < 1.29 is 32.3 Å². The van der Waals surface area contributed by atoms with Crippen LogP contribution >= 0.6 is 23.2 Å². The van der Waals surface area contributed by atoms with Gasteiger partial charge in [0.2, 0.25) is 5.91 Å². The lowest BCUT2D eigenvalue weighted by Gasteiger charge is -2.34. The molecule has 1 fully saturated rings. The maximum absolute atomic E-state index is 13.4. The number of esters is 1. The summed E-state index contributed by atoms with van der Waals surface area (Å²) in [6, 6.07) is 9.27. The lowest BCUT2D eigenvalue weighted by Crippen LogP contribution is -2.51. The molecule has 1 saturated heterocycles. The number of H-pyrrole nitrogens is 1. The summed E-state index contributed by atoms with van der Waals surface area (Å²) in [6.07, 6.45) is 1.80. The lowest BCUT2D eigenvalue weighted by atomic mass is 10.0. The van der Waals surface area contributed by atoms with Gasteiger partial charge in [-0.15, -0.1) is 0 Å². The number of nitrogens with zero attached hydrogens (tertiary/aromatic N) is 2. The molecule has 0 radical (unpaired) electrons. The molecule has 1 aromatic heterocycles. The molecule has 15 heteroatoms. The van der Waals surface area contributed by atoms with Gasteiger partial charge in [0.1, 0.15) is 0 Å². The zero-order valence-electron chi connectivity index (χ0n) is 27.3. The monoisotopic (exact) mass is 729 g/mol. The number of anilines is 1. The standard InChI is InChI=1S/C34H37Cl2N5O7S/c1-20-24(17-32(43)37-9-10-40-11-13-41(14-12-40)33(44)18-48-22(3)42)21(2)38-31(20)16-26-25-15-23(7-8-30(25)39-34(26)45)49(46,47)19-27-28(35)5-4-6-29(27)36/h4-8,15-16,38H,9-14,17-19H2,1-3H3,(H,37,43)(H,39,45)/b26-16-. The molecule has 0 unspecified atom stereocenters. The van der Waals surface area contributed by atoms with Crippen LogP contribution in [0.2, 0.25) is 10.0 Å². The molecule has 3 heterocycles. The minimum Gasteiger partial charge on any atom is -0.456 e. The molecule has 3 N–H and O–H groups in total. The van der Waals surface area contributed by atoms with E-state index < -0.39 is 21.6 Å². The number of aromatic amines is 1. The molecule has 260 valence electrons. The van der Waals surface area contributed by atoms with Gasteiger partial charge in [0.15, 0.2) is 16.4 Å². The van der Waals surface area contributed by atoms with E-state index in [4.69, 9.17) is 27.9 Å². The average molecular weight is 731 g/mol. The zero-order valence-corrected chi connectivity index (χ0v) is 29.7. The van der Waals surface area contributed by atoms with Crippen molar-refractivity contribution in [3.8, 4) is 0 Å².